The number of hydrogen-bond acceptors (Lipinski definition) is 5. The number of nitrogens with one attached hydrogen (secondary N) is 1. The van der Waals surface area contributed by atoms with Gasteiger partial charge < -0.3 is 15.0 Å². The number of rotatable bonds is 3. The predicted octanol–water partition coefficient (Wildman–Crippen LogP) is 1.91. The van der Waals surface area contributed by atoms with Crippen LogP contribution in [0, 0.1) is 5.92 Å². The van der Waals surface area contributed by atoms with Crippen LogP contribution in [0.15, 0.2) is 29.4 Å². The maximum atomic E-state index is 10.3. The molecule has 1 atom stereocenters. The molecule has 106 valence electrons. The summed E-state index contributed by atoms with van der Waals surface area (Å²) in [4.78, 5) is 17.6. The molecule has 2 aromatic rings. The third-order valence-electron chi connectivity index (χ3n) is 3.73. The molecule has 0 amide bonds. The highest BCUT2D eigenvalue weighted by molar-refractivity contribution is 9.10. The van der Waals surface area contributed by atoms with E-state index < -0.39 is 6.10 Å². The largest absolute Gasteiger partial charge is 0.385 e. The normalized spacial score (nSPS) is 18.2. The van der Waals surface area contributed by atoms with Gasteiger partial charge in [-0.1, -0.05) is 0 Å². The first-order valence-corrected chi connectivity index (χ1v) is 7.43. The summed E-state index contributed by atoms with van der Waals surface area (Å²) in [6.45, 7) is 1.75. The monoisotopic (exact) mass is 337 g/mol. The highest BCUT2D eigenvalue weighted by Gasteiger charge is 2.28. The lowest BCUT2D eigenvalue weighted by molar-refractivity contribution is 0.0856. The first-order chi connectivity index (χ1) is 9.75. The second kappa shape index (κ2) is 5.88. The number of nitrogens with zero attached hydrogens (tertiary/aromatic N) is 4. The lowest BCUT2D eigenvalue weighted by atomic mass is 9.91. The summed E-state index contributed by atoms with van der Waals surface area (Å²) in [6, 6.07) is 0. The molecule has 2 N–H and O–H groups in total. The van der Waals surface area contributed by atoms with Gasteiger partial charge in [0.2, 0.25) is 0 Å². The lowest BCUT2D eigenvalue weighted by Crippen LogP contribution is -2.36. The molecule has 1 fully saturated rings. The first kappa shape index (κ1) is 13.5. The Kier molecular flexibility index (Phi) is 3.98. The number of aliphatic hydroxyl groups is 1. The van der Waals surface area contributed by atoms with Crippen molar-refractivity contribution >= 4 is 21.7 Å². The van der Waals surface area contributed by atoms with Crippen LogP contribution in [0.2, 0.25) is 0 Å². The van der Waals surface area contributed by atoms with E-state index in [1.807, 2.05) is 0 Å². The molecule has 0 bridgehead atoms. The molecule has 1 aliphatic heterocycles. The van der Waals surface area contributed by atoms with Gasteiger partial charge >= 0.3 is 0 Å². The number of hydrogen-bond donors (Lipinski definition) is 2. The molecule has 3 heterocycles. The van der Waals surface area contributed by atoms with Crippen LogP contribution >= 0.6 is 15.9 Å². The van der Waals surface area contributed by atoms with E-state index in [0.717, 1.165) is 36.2 Å². The van der Waals surface area contributed by atoms with Crippen LogP contribution in [0.4, 0.5) is 5.82 Å². The summed E-state index contributed by atoms with van der Waals surface area (Å²) in [7, 11) is 0. The average molecular weight is 338 g/mol. The van der Waals surface area contributed by atoms with E-state index in [1.54, 1.807) is 24.9 Å². The number of halogens is 1. The van der Waals surface area contributed by atoms with Crippen molar-refractivity contribution in [1.82, 2.24) is 19.9 Å². The number of H-pyrrole nitrogens is 1. The molecule has 20 heavy (non-hydrogen) atoms. The van der Waals surface area contributed by atoms with E-state index in [0.29, 0.717) is 5.82 Å². The van der Waals surface area contributed by atoms with Gasteiger partial charge in [0.05, 0.1) is 4.47 Å². The zero-order chi connectivity index (χ0) is 13.9. The summed E-state index contributed by atoms with van der Waals surface area (Å²) < 4.78 is 0.907. The maximum absolute atomic E-state index is 10.3. The van der Waals surface area contributed by atoms with Crippen molar-refractivity contribution in [3.05, 3.63) is 35.2 Å². The molecule has 2 aromatic heterocycles. The van der Waals surface area contributed by atoms with Crippen molar-refractivity contribution in [3.63, 3.8) is 0 Å². The molecule has 7 heteroatoms. The minimum atomic E-state index is -0.513. The van der Waals surface area contributed by atoms with Crippen molar-refractivity contribution in [3.8, 4) is 0 Å². The highest BCUT2D eigenvalue weighted by atomic mass is 79.9. The quantitative estimate of drug-likeness (QED) is 0.894. The van der Waals surface area contributed by atoms with Crippen LogP contribution < -0.4 is 4.90 Å². The molecule has 1 unspecified atom stereocenters. The van der Waals surface area contributed by atoms with Crippen molar-refractivity contribution in [1.29, 1.82) is 0 Å². The zero-order valence-electron chi connectivity index (χ0n) is 10.9. The summed E-state index contributed by atoms with van der Waals surface area (Å²) in [6.07, 6.45) is 8.05. The van der Waals surface area contributed by atoms with E-state index in [-0.39, 0.29) is 5.92 Å². The molecule has 1 saturated heterocycles. The Morgan fingerprint density at radius 3 is 2.80 bits per heavy atom. The molecule has 0 radical (unpaired) electrons. The second-order valence-corrected chi connectivity index (χ2v) is 5.79. The second-order valence-electron chi connectivity index (χ2n) is 4.94. The Morgan fingerprint density at radius 1 is 1.35 bits per heavy atom. The van der Waals surface area contributed by atoms with Crippen molar-refractivity contribution in [2.45, 2.75) is 18.9 Å². The van der Waals surface area contributed by atoms with Crippen LogP contribution in [0.5, 0.6) is 0 Å². The van der Waals surface area contributed by atoms with E-state index in [4.69, 9.17) is 0 Å². The molecular weight excluding hydrogens is 322 g/mol. The van der Waals surface area contributed by atoms with Gasteiger partial charge in [-0.15, -0.1) is 0 Å². The summed E-state index contributed by atoms with van der Waals surface area (Å²) in [5.74, 6) is 1.82. The van der Waals surface area contributed by atoms with Gasteiger partial charge in [-0.2, -0.15) is 0 Å². The third kappa shape index (κ3) is 2.69. The minimum absolute atomic E-state index is 0.234. The lowest BCUT2D eigenvalue weighted by Gasteiger charge is -2.34. The Bertz CT molecular complexity index is 554. The fourth-order valence-corrected chi connectivity index (χ4v) is 3.10. The maximum Gasteiger partial charge on any atom is 0.146 e. The molecule has 0 saturated carbocycles. The van der Waals surface area contributed by atoms with Gasteiger partial charge in [0, 0.05) is 31.7 Å². The summed E-state index contributed by atoms with van der Waals surface area (Å²) in [5, 5.41) is 10.3. The summed E-state index contributed by atoms with van der Waals surface area (Å²) in [5.41, 5.74) is 0. The Morgan fingerprint density at radius 2 is 2.15 bits per heavy atom. The van der Waals surface area contributed by atoms with Crippen LogP contribution in [-0.2, 0) is 0 Å². The van der Waals surface area contributed by atoms with Crippen LogP contribution in [0.3, 0.4) is 0 Å². The number of aliphatic hydroxyl groups excluding tert-OH is 1. The molecule has 3 rings (SSSR count). The predicted molar refractivity (Wildman–Crippen MR) is 78.2 cm³/mol. The molecule has 0 spiro atoms. The topological polar surface area (TPSA) is 77.9 Å². The SMILES string of the molecule is OC(c1ncc[nH]1)C1CCN(c2ncncc2Br)CC1. The van der Waals surface area contributed by atoms with Crippen LogP contribution in [0.25, 0.3) is 0 Å². The number of aromatic amines is 1. The van der Waals surface area contributed by atoms with Gasteiger partial charge in [0.1, 0.15) is 24.1 Å². The highest BCUT2D eigenvalue weighted by Crippen LogP contribution is 2.32. The Balaban J connectivity index is 1.64. The van der Waals surface area contributed by atoms with E-state index >= 15 is 0 Å². The molecule has 0 aliphatic carbocycles. The standard InChI is InChI=1S/C13H16BrN5O/c14-10-7-15-8-18-13(10)19-5-1-9(2-6-19)11(20)12-16-3-4-17-12/h3-4,7-9,11,20H,1-2,5-6H2,(H,16,17). The minimum Gasteiger partial charge on any atom is -0.385 e. The molecule has 0 aromatic carbocycles. The van der Waals surface area contributed by atoms with Gasteiger partial charge in [-0.05, 0) is 34.7 Å². The number of piperidine rings is 1. The van der Waals surface area contributed by atoms with Crippen LogP contribution in [-0.4, -0.2) is 38.1 Å². The fourth-order valence-electron chi connectivity index (χ4n) is 2.63. The smallest absolute Gasteiger partial charge is 0.146 e. The average Bonchev–Trinajstić information content (AvgIpc) is 3.01. The number of anilines is 1. The van der Waals surface area contributed by atoms with Gasteiger partial charge in [0.25, 0.3) is 0 Å². The summed E-state index contributed by atoms with van der Waals surface area (Å²) >= 11 is 3.48. The van der Waals surface area contributed by atoms with Crippen molar-refractivity contribution in [2.24, 2.45) is 5.92 Å². The van der Waals surface area contributed by atoms with Crippen molar-refractivity contribution in [2.75, 3.05) is 18.0 Å². The van der Waals surface area contributed by atoms with E-state index in [2.05, 4.69) is 40.8 Å². The first-order valence-electron chi connectivity index (χ1n) is 6.63. The van der Waals surface area contributed by atoms with Gasteiger partial charge in [-0.25, -0.2) is 15.0 Å². The molecule has 1 aliphatic rings. The Labute approximate surface area is 125 Å². The van der Waals surface area contributed by atoms with Gasteiger partial charge in [-0.3, -0.25) is 0 Å². The molecular formula is C13H16BrN5O. The zero-order valence-corrected chi connectivity index (χ0v) is 12.5. The fraction of sp³-hybridized carbons (Fsp3) is 0.462. The molecule has 6 nitrogen and oxygen atoms in total. The van der Waals surface area contributed by atoms with E-state index in [1.165, 1.54) is 0 Å². The number of aromatic nitrogens is 4. The number of imidazole rings is 1. The Hall–Kier alpha value is -1.47. The van der Waals surface area contributed by atoms with Crippen LogP contribution in [0.1, 0.15) is 24.8 Å². The van der Waals surface area contributed by atoms with E-state index in [9.17, 15) is 5.11 Å². The third-order valence-corrected chi connectivity index (χ3v) is 4.29. The van der Waals surface area contributed by atoms with Gasteiger partial charge in [0.15, 0.2) is 0 Å². The van der Waals surface area contributed by atoms with Crippen molar-refractivity contribution < 1.29 is 5.11 Å².